The van der Waals surface area contributed by atoms with E-state index in [0.29, 0.717) is 6.04 Å². The molecule has 0 aliphatic carbocycles. The summed E-state index contributed by atoms with van der Waals surface area (Å²) in [7, 11) is 0. The Hall–Kier alpha value is -1.09. The normalized spacial score (nSPS) is 10.7. The minimum absolute atomic E-state index is 0.185. The molecule has 0 radical (unpaired) electrons. The maximum Gasteiger partial charge on any atom is 0.123 e. The van der Waals surface area contributed by atoms with Crippen molar-refractivity contribution in [3.8, 4) is 0 Å². The minimum Gasteiger partial charge on any atom is -0.396 e. The van der Waals surface area contributed by atoms with Gasteiger partial charge in [-0.15, -0.1) is 0 Å². The van der Waals surface area contributed by atoms with Gasteiger partial charge in [-0.25, -0.2) is 4.39 Å². The van der Waals surface area contributed by atoms with Crippen molar-refractivity contribution in [3.05, 3.63) is 30.1 Å². The second kappa shape index (κ2) is 5.71. The van der Waals surface area contributed by atoms with Crippen LogP contribution in [0, 0.1) is 5.82 Å². The summed E-state index contributed by atoms with van der Waals surface area (Å²) in [6.45, 7) is 5.14. The Morgan fingerprint density at radius 2 is 1.87 bits per heavy atom. The third-order valence-electron chi connectivity index (χ3n) is 2.34. The average Bonchev–Trinajstić information content (AvgIpc) is 2.21. The molecule has 1 aromatic carbocycles. The molecule has 0 saturated heterocycles. The Kier molecular flexibility index (Phi) is 4.56. The molecule has 0 fully saturated rings. The molecule has 2 nitrogen and oxygen atoms in total. The van der Waals surface area contributed by atoms with Crippen LogP contribution in [0.3, 0.4) is 0 Å². The highest BCUT2D eigenvalue weighted by atomic mass is 19.1. The summed E-state index contributed by atoms with van der Waals surface area (Å²) in [5.74, 6) is -0.218. The lowest BCUT2D eigenvalue weighted by Crippen LogP contribution is -2.32. The molecule has 0 spiro atoms. The molecule has 0 heterocycles. The Morgan fingerprint density at radius 3 is 2.33 bits per heavy atom. The van der Waals surface area contributed by atoms with Gasteiger partial charge in [-0.1, -0.05) is 0 Å². The first-order valence-electron chi connectivity index (χ1n) is 5.28. The summed E-state index contributed by atoms with van der Waals surface area (Å²) in [5.41, 5.74) is 1.000. The zero-order chi connectivity index (χ0) is 11.3. The second-order valence-corrected chi connectivity index (χ2v) is 3.84. The zero-order valence-electron chi connectivity index (χ0n) is 9.28. The molecule has 0 amide bonds. The van der Waals surface area contributed by atoms with Crippen LogP contribution in [-0.4, -0.2) is 24.3 Å². The second-order valence-electron chi connectivity index (χ2n) is 3.84. The topological polar surface area (TPSA) is 23.5 Å². The van der Waals surface area contributed by atoms with Crippen LogP contribution in [0.4, 0.5) is 10.1 Å². The maximum absolute atomic E-state index is 12.7. The molecule has 84 valence electrons. The van der Waals surface area contributed by atoms with Crippen LogP contribution < -0.4 is 4.90 Å². The van der Waals surface area contributed by atoms with Crippen LogP contribution in [0.1, 0.15) is 20.3 Å². The highest BCUT2D eigenvalue weighted by Gasteiger charge is 2.09. The summed E-state index contributed by atoms with van der Waals surface area (Å²) in [5, 5.41) is 8.80. The van der Waals surface area contributed by atoms with Crippen LogP contribution in [-0.2, 0) is 0 Å². The first-order chi connectivity index (χ1) is 7.15. The molecule has 0 aliphatic rings. The highest BCUT2D eigenvalue weighted by Crippen LogP contribution is 2.17. The van der Waals surface area contributed by atoms with Crippen molar-refractivity contribution in [1.82, 2.24) is 0 Å². The van der Waals surface area contributed by atoms with E-state index < -0.39 is 0 Å². The van der Waals surface area contributed by atoms with Gasteiger partial charge in [0.25, 0.3) is 0 Å². The molecule has 1 rings (SSSR count). The van der Waals surface area contributed by atoms with Gasteiger partial charge < -0.3 is 10.0 Å². The fourth-order valence-corrected chi connectivity index (χ4v) is 1.56. The SMILES string of the molecule is CC(C)N(CCCO)c1ccc(F)cc1. The van der Waals surface area contributed by atoms with Crippen LogP contribution >= 0.6 is 0 Å². The van der Waals surface area contributed by atoms with Crippen LogP contribution in [0.15, 0.2) is 24.3 Å². The molecule has 0 saturated carbocycles. The summed E-state index contributed by atoms with van der Waals surface area (Å²) in [4.78, 5) is 2.15. The molecular weight excluding hydrogens is 193 g/mol. The third-order valence-corrected chi connectivity index (χ3v) is 2.34. The van der Waals surface area contributed by atoms with Gasteiger partial charge in [-0.2, -0.15) is 0 Å². The number of hydrogen-bond donors (Lipinski definition) is 1. The standard InChI is InChI=1S/C12H18FNO/c1-10(2)14(8-3-9-15)12-6-4-11(13)5-7-12/h4-7,10,15H,3,8-9H2,1-2H3. The Morgan fingerprint density at radius 1 is 1.27 bits per heavy atom. The number of nitrogens with zero attached hydrogens (tertiary/aromatic N) is 1. The summed E-state index contributed by atoms with van der Waals surface area (Å²) < 4.78 is 12.7. The van der Waals surface area contributed by atoms with E-state index in [0.717, 1.165) is 18.7 Å². The smallest absolute Gasteiger partial charge is 0.123 e. The number of rotatable bonds is 5. The highest BCUT2D eigenvalue weighted by molar-refractivity contribution is 5.46. The van der Waals surface area contributed by atoms with Crippen molar-refractivity contribution in [2.75, 3.05) is 18.1 Å². The molecule has 0 aliphatic heterocycles. The first-order valence-corrected chi connectivity index (χ1v) is 5.28. The minimum atomic E-state index is -0.218. The number of hydrogen-bond acceptors (Lipinski definition) is 2. The van der Waals surface area contributed by atoms with E-state index in [9.17, 15) is 4.39 Å². The van der Waals surface area contributed by atoms with Gasteiger partial charge in [0.15, 0.2) is 0 Å². The van der Waals surface area contributed by atoms with Crippen LogP contribution in [0.25, 0.3) is 0 Å². The predicted octanol–water partition coefficient (Wildman–Crippen LogP) is 2.42. The monoisotopic (exact) mass is 211 g/mol. The Bertz CT molecular complexity index is 284. The van der Waals surface area contributed by atoms with E-state index in [4.69, 9.17) is 5.11 Å². The molecule has 0 aromatic heterocycles. The lowest BCUT2D eigenvalue weighted by molar-refractivity contribution is 0.288. The lowest BCUT2D eigenvalue weighted by atomic mass is 10.2. The van der Waals surface area contributed by atoms with E-state index in [-0.39, 0.29) is 12.4 Å². The molecule has 1 N–H and O–H groups in total. The van der Waals surface area contributed by atoms with Gasteiger partial charge in [0.1, 0.15) is 5.82 Å². The quantitative estimate of drug-likeness (QED) is 0.808. The van der Waals surface area contributed by atoms with Gasteiger partial charge in [0.2, 0.25) is 0 Å². The number of halogens is 1. The average molecular weight is 211 g/mol. The van der Waals surface area contributed by atoms with E-state index in [2.05, 4.69) is 18.7 Å². The van der Waals surface area contributed by atoms with Crippen molar-refractivity contribution in [2.24, 2.45) is 0 Å². The number of aliphatic hydroxyl groups excluding tert-OH is 1. The summed E-state index contributed by atoms with van der Waals surface area (Å²) in [6, 6.07) is 6.81. The zero-order valence-corrected chi connectivity index (χ0v) is 9.28. The maximum atomic E-state index is 12.7. The Balaban J connectivity index is 2.74. The molecule has 0 bridgehead atoms. The van der Waals surface area contributed by atoms with E-state index in [1.165, 1.54) is 12.1 Å². The number of benzene rings is 1. The molecule has 0 atom stereocenters. The van der Waals surface area contributed by atoms with Crippen LogP contribution in [0.5, 0.6) is 0 Å². The predicted molar refractivity (Wildman–Crippen MR) is 60.6 cm³/mol. The van der Waals surface area contributed by atoms with Crippen molar-refractivity contribution < 1.29 is 9.50 Å². The van der Waals surface area contributed by atoms with E-state index >= 15 is 0 Å². The molecule has 15 heavy (non-hydrogen) atoms. The largest absolute Gasteiger partial charge is 0.396 e. The molecule has 1 aromatic rings. The molecular formula is C12H18FNO. The van der Waals surface area contributed by atoms with Crippen molar-refractivity contribution in [3.63, 3.8) is 0 Å². The van der Waals surface area contributed by atoms with E-state index in [1.54, 1.807) is 12.1 Å². The summed E-state index contributed by atoms with van der Waals surface area (Å²) >= 11 is 0. The fourth-order valence-electron chi connectivity index (χ4n) is 1.56. The van der Waals surface area contributed by atoms with Crippen molar-refractivity contribution >= 4 is 5.69 Å². The van der Waals surface area contributed by atoms with E-state index in [1.807, 2.05) is 0 Å². The first kappa shape index (κ1) is 12.0. The fraction of sp³-hybridized carbons (Fsp3) is 0.500. The van der Waals surface area contributed by atoms with Gasteiger partial charge in [-0.05, 0) is 44.5 Å². The van der Waals surface area contributed by atoms with Crippen molar-refractivity contribution in [2.45, 2.75) is 26.3 Å². The van der Waals surface area contributed by atoms with Gasteiger partial charge in [-0.3, -0.25) is 0 Å². The van der Waals surface area contributed by atoms with Crippen LogP contribution in [0.2, 0.25) is 0 Å². The number of anilines is 1. The van der Waals surface area contributed by atoms with Crippen molar-refractivity contribution in [1.29, 1.82) is 0 Å². The third kappa shape index (κ3) is 3.51. The summed E-state index contributed by atoms with van der Waals surface area (Å²) in [6.07, 6.45) is 0.732. The molecule has 0 unspecified atom stereocenters. The van der Waals surface area contributed by atoms with Gasteiger partial charge >= 0.3 is 0 Å². The molecule has 3 heteroatoms. The van der Waals surface area contributed by atoms with Gasteiger partial charge in [0, 0.05) is 24.9 Å². The lowest BCUT2D eigenvalue weighted by Gasteiger charge is -2.28. The number of aliphatic hydroxyl groups is 1. The van der Waals surface area contributed by atoms with Gasteiger partial charge in [0.05, 0.1) is 0 Å². The Labute approximate surface area is 90.3 Å².